The van der Waals surface area contributed by atoms with Crippen LogP contribution in [0.3, 0.4) is 0 Å². The topological polar surface area (TPSA) is 53.6 Å². The van der Waals surface area contributed by atoms with Crippen LogP contribution in [-0.4, -0.2) is 62.1 Å². The third kappa shape index (κ3) is 5.49. The fourth-order valence-corrected chi connectivity index (χ4v) is 6.44. The van der Waals surface area contributed by atoms with Gasteiger partial charge in [-0.1, -0.05) is 42.0 Å². The van der Waals surface area contributed by atoms with Crippen molar-refractivity contribution in [3.05, 3.63) is 88.5 Å². The summed E-state index contributed by atoms with van der Waals surface area (Å²) in [5.74, 6) is -1.05. The summed E-state index contributed by atoms with van der Waals surface area (Å²) < 4.78 is 88.7. The van der Waals surface area contributed by atoms with Gasteiger partial charge in [0.1, 0.15) is 5.75 Å². The van der Waals surface area contributed by atoms with Gasteiger partial charge in [-0.05, 0) is 38.1 Å². The summed E-state index contributed by atoms with van der Waals surface area (Å²) in [7, 11) is 1.49. The van der Waals surface area contributed by atoms with Crippen LogP contribution in [0.4, 0.5) is 26.3 Å². The van der Waals surface area contributed by atoms with Crippen LogP contribution in [-0.2, 0) is 12.4 Å². The number of carbonyl (C=O) groups is 1. The van der Waals surface area contributed by atoms with Crippen molar-refractivity contribution in [2.24, 2.45) is 5.41 Å². The number of carbonyl (C=O) groups excluding carboxylic acids is 1. The summed E-state index contributed by atoms with van der Waals surface area (Å²) in [6.45, 7) is 6.16. The van der Waals surface area contributed by atoms with E-state index < -0.39 is 57.7 Å². The molecule has 0 saturated carbocycles. The average Bonchev–Trinajstić information content (AvgIpc) is 2.96. The Kier molecular flexibility index (Phi) is 7.83. The SMILES string of the molecule is COc1ccccc1C(C(C(=O)c1cc(C(F)(F)F)cc(C(F)(F)F)c1)N1CCNCC1)C12C=CC(C)(NC1)C(C)=C2. The molecule has 226 valence electrons. The fourth-order valence-electron chi connectivity index (χ4n) is 6.44. The predicted octanol–water partition coefficient (Wildman–Crippen LogP) is 5.84. The highest BCUT2D eigenvalue weighted by molar-refractivity contribution is 6.01. The molecule has 4 atom stereocenters. The molecule has 2 bridgehead atoms. The number of nitrogens with one attached hydrogen (secondary N) is 2. The molecule has 1 fully saturated rings. The van der Waals surface area contributed by atoms with E-state index in [2.05, 4.69) is 16.7 Å². The Bertz CT molecular complexity index is 1380. The van der Waals surface area contributed by atoms with Crippen LogP contribution in [0, 0.1) is 5.41 Å². The highest BCUT2D eigenvalue weighted by Crippen LogP contribution is 2.52. The standard InChI is InChI=1S/C31H33F6N3O2/c1-19-17-29(9-8-28(19,2)39-18-29)25(23-6-4-5-7-24(23)42-3)26(40-12-10-38-11-13-40)27(41)20-14-21(30(32,33)34)16-22(15-20)31(35,36)37/h4-9,14-17,25-26,38-39H,10-13,18H2,1-3H3. The van der Waals surface area contributed by atoms with Crippen molar-refractivity contribution >= 4 is 5.78 Å². The maximum atomic E-state index is 14.6. The fraction of sp³-hybridized carbons (Fsp3) is 0.452. The van der Waals surface area contributed by atoms with Gasteiger partial charge in [0.2, 0.25) is 0 Å². The van der Waals surface area contributed by atoms with Crippen LogP contribution >= 0.6 is 0 Å². The molecule has 0 spiro atoms. The first-order valence-electron chi connectivity index (χ1n) is 13.8. The molecule has 0 amide bonds. The Hall–Kier alpha value is -3.15. The van der Waals surface area contributed by atoms with Gasteiger partial charge in [0.25, 0.3) is 0 Å². The number of fused-ring (bicyclic) bond motifs is 1. The first-order chi connectivity index (χ1) is 19.7. The van der Waals surface area contributed by atoms with E-state index in [1.807, 2.05) is 37.0 Å². The predicted molar refractivity (Wildman–Crippen MR) is 146 cm³/mol. The van der Waals surface area contributed by atoms with Crippen molar-refractivity contribution in [1.29, 1.82) is 0 Å². The van der Waals surface area contributed by atoms with Gasteiger partial charge < -0.3 is 15.4 Å². The van der Waals surface area contributed by atoms with Crippen molar-refractivity contribution in [1.82, 2.24) is 15.5 Å². The second kappa shape index (κ2) is 10.8. The van der Waals surface area contributed by atoms with Crippen LogP contribution in [0.1, 0.15) is 46.8 Å². The molecule has 6 rings (SSSR count). The Morgan fingerprint density at radius 2 is 1.60 bits per heavy atom. The third-order valence-corrected chi connectivity index (χ3v) is 8.85. The number of ether oxygens (including phenoxy) is 1. The molecule has 1 saturated heterocycles. The van der Waals surface area contributed by atoms with Gasteiger partial charge in [0.05, 0.1) is 29.8 Å². The van der Waals surface area contributed by atoms with E-state index in [1.54, 1.807) is 18.2 Å². The molecule has 42 heavy (non-hydrogen) atoms. The lowest BCUT2D eigenvalue weighted by Crippen LogP contribution is -2.61. The second-order valence-electron chi connectivity index (χ2n) is 11.4. The zero-order valence-electron chi connectivity index (χ0n) is 23.5. The van der Waals surface area contributed by atoms with E-state index in [0.717, 1.165) is 5.57 Å². The summed E-state index contributed by atoms with van der Waals surface area (Å²) in [4.78, 5) is 16.4. The highest BCUT2D eigenvalue weighted by Gasteiger charge is 2.52. The van der Waals surface area contributed by atoms with E-state index in [0.29, 0.717) is 56.2 Å². The van der Waals surface area contributed by atoms with Crippen molar-refractivity contribution in [3.63, 3.8) is 0 Å². The first-order valence-corrected chi connectivity index (χ1v) is 13.8. The summed E-state index contributed by atoms with van der Waals surface area (Å²) in [5.41, 5.74) is -3.25. The maximum Gasteiger partial charge on any atom is 0.416 e. The lowest BCUT2D eigenvalue weighted by molar-refractivity contribution is -0.143. The molecular formula is C31H33F6N3O2. The van der Waals surface area contributed by atoms with Crippen molar-refractivity contribution in [3.8, 4) is 5.75 Å². The number of methoxy groups -OCH3 is 1. The minimum Gasteiger partial charge on any atom is -0.496 e. The van der Waals surface area contributed by atoms with Crippen LogP contribution in [0.5, 0.6) is 5.75 Å². The van der Waals surface area contributed by atoms with Gasteiger partial charge in [0, 0.05) is 55.2 Å². The van der Waals surface area contributed by atoms with Crippen molar-refractivity contribution in [2.45, 2.75) is 43.7 Å². The van der Waals surface area contributed by atoms with Crippen molar-refractivity contribution < 1.29 is 35.9 Å². The maximum absolute atomic E-state index is 14.6. The normalized spacial score (nSPS) is 26.1. The summed E-state index contributed by atoms with van der Waals surface area (Å²) in [6.07, 6.45) is -4.05. The van der Waals surface area contributed by atoms with Crippen LogP contribution in [0.15, 0.2) is 66.3 Å². The van der Waals surface area contributed by atoms with Crippen LogP contribution in [0.25, 0.3) is 0 Å². The molecule has 0 radical (unpaired) electrons. The van der Waals surface area contributed by atoms with E-state index in [4.69, 9.17) is 4.74 Å². The largest absolute Gasteiger partial charge is 0.496 e. The van der Waals surface area contributed by atoms with Gasteiger partial charge in [-0.15, -0.1) is 0 Å². The second-order valence-corrected chi connectivity index (χ2v) is 11.4. The lowest BCUT2D eigenvalue weighted by Gasteiger charge is -2.53. The van der Waals surface area contributed by atoms with Crippen LogP contribution in [0.2, 0.25) is 0 Å². The first kappa shape index (κ1) is 30.3. The molecule has 3 aliphatic heterocycles. The van der Waals surface area contributed by atoms with Gasteiger partial charge in [0.15, 0.2) is 5.78 Å². The minimum atomic E-state index is -5.08. The Morgan fingerprint density at radius 1 is 0.976 bits per heavy atom. The van der Waals surface area contributed by atoms with E-state index in [9.17, 15) is 31.1 Å². The number of nitrogens with zero attached hydrogens (tertiary/aromatic N) is 1. The minimum absolute atomic E-state index is 0.0505. The zero-order chi connectivity index (χ0) is 30.5. The van der Waals surface area contributed by atoms with E-state index in [-0.39, 0.29) is 6.07 Å². The molecule has 4 unspecified atom stereocenters. The molecule has 1 aliphatic carbocycles. The number of benzene rings is 2. The Labute approximate surface area is 240 Å². The van der Waals surface area contributed by atoms with Gasteiger partial charge in [-0.25, -0.2) is 0 Å². The van der Waals surface area contributed by atoms with Gasteiger partial charge in [-0.3, -0.25) is 9.69 Å². The Morgan fingerprint density at radius 3 is 2.12 bits per heavy atom. The Balaban J connectivity index is 1.76. The van der Waals surface area contributed by atoms with Gasteiger partial charge >= 0.3 is 12.4 Å². The third-order valence-electron chi connectivity index (χ3n) is 8.85. The van der Waals surface area contributed by atoms with Crippen LogP contribution < -0.4 is 15.4 Å². The quantitative estimate of drug-likeness (QED) is 0.240. The monoisotopic (exact) mass is 593 g/mol. The number of Topliss-reactive ketones (excluding diaryl/α,β-unsaturated/α-hetero) is 1. The summed E-state index contributed by atoms with van der Waals surface area (Å²) in [5, 5.41) is 6.75. The number of piperazine rings is 1. The zero-order valence-corrected chi connectivity index (χ0v) is 23.5. The number of hydrogen-bond acceptors (Lipinski definition) is 5. The van der Waals surface area contributed by atoms with E-state index in [1.165, 1.54) is 7.11 Å². The molecule has 4 aliphatic rings. The molecule has 2 aromatic carbocycles. The van der Waals surface area contributed by atoms with Crippen molar-refractivity contribution in [2.75, 3.05) is 39.8 Å². The number of rotatable bonds is 7. The number of alkyl halides is 6. The number of ketones is 1. The smallest absolute Gasteiger partial charge is 0.416 e. The molecule has 11 heteroatoms. The average molecular weight is 594 g/mol. The highest BCUT2D eigenvalue weighted by atomic mass is 19.4. The molecule has 2 aromatic rings. The summed E-state index contributed by atoms with van der Waals surface area (Å²) in [6, 6.07) is 7.14. The number of para-hydroxylation sites is 1. The molecular weight excluding hydrogens is 560 g/mol. The number of hydrogen-bond donors (Lipinski definition) is 2. The molecule has 2 N–H and O–H groups in total. The molecule has 3 heterocycles. The molecule has 0 aromatic heterocycles. The van der Waals surface area contributed by atoms with E-state index >= 15 is 0 Å². The number of halogens is 6. The molecule has 5 nitrogen and oxygen atoms in total. The van der Waals surface area contributed by atoms with Gasteiger partial charge in [-0.2, -0.15) is 26.3 Å². The summed E-state index contributed by atoms with van der Waals surface area (Å²) >= 11 is 0. The lowest BCUT2D eigenvalue weighted by atomic mass is 9.60.